The Morgan fingerprint density at radius 3 is 2.50 bits per heavy atom. The van der Waals surface area contributed by atoms with E-state index in [1.807, 2.05) is 37.3 Å². The summed E-state index contributed by atoms with van der Waals surface area (Å²) in [6, 6.07) is 14.2. The Kier molecular flexibility index (Phi) is 5.16. The van der Waals surface area contributed by atoms with Gasteiger partial charge in [-0.15, -0.1) is 11.8 Å². The summed E-state index contributed by atoms with van der Waals surface area (Å²) < 4.78 is 0. The zero-order valence-corrected chi connectivity index (χ0v) is 13.1. The maximum absolute atomic E-state index is 11.0. The van der Waals surface area contributed by atoms with Crippen LogP contribution in [0.25, 0.3) is 0 Å². The van der Waals surface area contributed by atoms with Crippen molar-refractivity contribution < 1.29 is 9.72 Å². The quantitative estimate of drug-likeness (QED) is 0.504. The third kappa shape index (κ3) is 4.33. The Bertz CT molecular complexity index is 686. The second kappa shape index (κ2) is 7.09. The molecule has 2 rings (SSSR count). The van der Waals surface area contributed by atoms with Crippen LogP contribution in [0.5, 0.6) is 0 Å². The van der Waals surface area contributed by atoms with Crippen LogP contribution in [-0.2, 0) is 4.79 Å². The molecule has 0 heterocycles. The standard InChI is InChI=1S/C16H16N2O3S/c1-11(13-4-3-5-15(10-13)18(20)21)22-16-8-6-14(7-9-16)17-12(2)19/h3-11H,1-2H3,(H,17,19). The lowest BCUT2D eigenvalue weighted by molar-refractivity contribution is -0.384. The van der Waals surface area contributed by atoms with Crippen molar-refractivity contribution in [1.82, 2.24) is 0 Å². The van der Waals surface area contributed by atoms with Crippen LogP contribution in [0.1, 0.15) is 24.7 Å². The van der Waals surface area contributed by atoms with Crippen LogP contribution >= 0.6 is 11.8 Å². The van der Waals surface area contributed by atoms with Crippen molar-refractivity contribution in [3.63, 3.8) is 0 Å². The molecule has 6 heteroatoms. The highest BCUT2D eigenvalue weighted by atomic mass is 32.2. The van der Waals surface area contributed by atoms with Crippen molar-refractivity contribution >= 4 is 29.0 Å². The lowest BCUT2D eigenvalue weighted by Crippen LogP contribution is -2.05. The Morgan fingerprint density at radius 1 is 1.23 bits per heavy atom. The molecule has 114 valence electrons. The summed E-state index contributed by atoms with van der Waals surface area (Å²) >= 11 is 1.61. The Balaban J connectivity index is 2.08. The van der Waals surface area contributed by atoms with Gasteiger partial charge in [-0.25, -0.2) is 0 Å². The average Bonchev–Trinajstić information content (AvgIpc) is 2.49. The van der Waals surface area contributed by atoms with Crippen LogP contribution in [0.3, 0.4) is 0 Å². The van der Waals surface area contributed by atoms with Crippen molar-refractivity contribution in [2.24, 2.45) is 0 Å². The molecule has 1 atom stereocenters. The number of rotatable bonds is 5. The highest BCUT2D eigenvalue weighted by Gasteiger charge is 2.12. The van der Waals surface area contributed by atoms with Crippen molar-refractivity contribution in [2.45, 2.75) is 24.0 Å². The largest absolute Gasteiger partial charge is 0.326 e. The molecule has 1 amide bonds. The molecule has 0 aliphatic rings. The van der Waals surface area contributed by atoms with Gasteiger partial charge in [0.05, 0.1) is 4.92 Å². The summed E-state index contributed by atoms with van der Waals surface area (Å²) in [4.78, 5) is 22.4. The fourth-order valence-corrected chi connectivity index (χ4v) is 2.97. The highest BCUT2D eigenvalue weighted by Crippen LogP contribution is 2.36. The Hall–Kier alpha value is -2.34. The first-order valence-electron chi connectivity index (χ1n) is 6.74. The first-order chi connectivity index (χ1) is 10.5. The second-order valence-electron chi connectivity index (χ2n) is 4.82. The lowest BCUT2D eigenvalue weighted by Gasteiger charge is -2.12. The monoisotopic (exact) mass is 316 g/mol. The number of nitro benzene ring substituents is 1. The fourth-order valence-electron chi connectivity index (χ4n) is 1.98. The molecule has 22 heavy (non-hydrogen) atoms. The van der Waals surface area contributed by atoms with Crippen LogP contribution in [0.4, 0.5) is 11.4 Å². The van der Waals surface area contributed by atoms with Gasteiger partial charge in [-0.3, -0.25) is 14.9 Å². The zero-order valence-electron chi connectivity index (χ0n) is 12.3. The summed E-state index contributed by atoms with van der Waals surface area (Å²) in [5.41, 5.74) is 1.76. The topological polar surface area (TPSA) is 72.2 Å². The van der Waals surface area contributed by atoms with Gasteiger partial charge in [0.2, 0.25) is 5.91 Å². The van der Waals surface area contributed by atoms with E-state index in [2.05, 4.69) is 5.32 Å². The van der Waals surface area contributed by atoms with Gasteiger partial charge < -0.3 is 5.32 Å². The van der Waals surface area contributed by atoms with Crippen LogP contribution in [0.2, 0.25) is 0 Å². The van der Waals surface area contributed by atoms with Gasteiger partial charge in [-0.1, -0.05) is 12.1 Å². The zero-order chi connectivity index (χ0) is 16.1. The number of anilines is 1. The van der Waals surface area contributed by atoms with Gasteiger partial charge in [0.1, 0.15) is 0 Å². The number of hydrogen-bond donors (Lipinski definition) is 1. The molecule has 0 spiro atoms. The molecular formula is C16H16N2O3S. The van der Waals surface area contributed by atoms with Crippen molar-refractivity contribution in [2.75, 3.05) is 5.32 Å². The molecule has 5 nitrogen and oxygen atoms in total. The summed E-state index contributed by atoms with van der Waals surface area (Å²) in [6.07, 6.45) is 0. The van der Waals surface area contributed by atoms with E-state index >= 15 is 0 Å². The Morgan fingerprint density at radius 2 is 1.91 bits per heavy atom. The molecule has 2 aromatic carbocycles. The summed E-state index contributed by atoms with van der Waals surface area (Å²) in [5.74, 6) is -0.106. The SMILES string of the molecule is CC(=O)Nc1ccc(SC(C)c2cccc([N+](=O)[O-])c2)cc1. The minimum atomic E-state index is -0.386. The van der Waals surface area contributed by atoms with Gasteiger partial charge in [-0.2, -0.15) is 0 Å². The predicted octanol–water partition coefficient (Wildman–Crippen LogP) is 4.41. The molecular weight excluding hydrogens is 300 g/mol. The number of non-ortho nitro benzene ring substituents is 1. The number of carbonyl (C=O) groups is 1. The molecule has 0 aliphatic heterocycles. The van der Waals surface area contributed by atoms with Crippen LogP contribution in [-0.4, -0.2) is 10.8 Å². The van der Waals surface area contributed by atoms with E-state index in [0.717, 1.165) is 16.1 Å². The highest BCUT2D eigenvalue weighted by molar-refractivity contribution is 7.99. The van der Waals surface area contributed by atoms with E-state index in [1.165, 1.54) is 13.0 Å². The van der Waals surface area contributed by atoms with E-state index in [1.54, 1.807) is 23.9 Å². The van der Waals surface area contributed by atoms with Gasteiger partial charge in [0, 0.05) is 34.9 Å². The number of hydrogen-bond acceptors (Lipinski definition) is 4. The molecule has 0 saturated heterocycles. The molecule has 0 aliphatic carbocycles. The number of nitro groups is 1. The van der Waals surface area contributed by atoms with E-state index in [4.69, 9.17) is 0 Å². The third-order valence-electron chi connectivity index (χ3n) is 3.04. The summed E-state index contributed by atoms with van der Waals surface area (Å²) in [6.45, 7) is 3.47. The third-order valence-corrected chi connectivity index (χ3v) is 4.21. The van der Waals surface area contributed by atoms with Crippen LogP contribution in [0.15, 0.2) is 53.4 Å². The molecule has 1 N–H and O–H groups in total. The van der Waals surface area contributed by atoms with Crippen molar-refractivity contribution in [3.8, 4) is 0 Å². The fraction of sp³-hybridized carbons (Fsp3) is 0.188. The van der Waals surface area contributed by atoms with E-state index < -0.39 is 0 Å². The Labute approximate surface area is 132 Å². The van der Waals surface area contributed by atoms with Crippen molar-refractivity contribution in [3.05, 3.63) is 64.2 Å². The first-order valence-corrected chi connectivity index (χ1v) is 7.62. The molecule has 0 saturated carbocycles. The van der Waals surface area contributed by atoms with Gasteiger partial charge in [0.25, 0.3) is 5.69 Å². The van der Waals surface area contributed by atoms with E-state index in [9.17, 15) is 14.9 Å². The molecule has 0 fully saturated rings. The molecule has 1 unspecified atom stereocenters. The molecule has 0 radical (unpaired) electrons. The summed E-state index contributed by atoms with van der Waals surface area (Å²) in [7, 11) is 0. The number of nitrogens with one attached hydrogen (secondary N) is 1. The normalized spacial score (nSPS) is 11.7. The number of amides is 1. The number of thioether (sulfide) groups is 1. The summed E-state index contributed by atoms with van der Waals surface area (Å²) in [5, 5.41) is 13.6. The molecule has 0 aromatic heterocycles. The maximum Gasteiger partial charge on any atom is 0.269 e. The van der Waals surface area contributed by atoms with Gasteiger partial charge in [-0.05, 0) is 36.8 Å². The van der Waals surface area contributed by atoms with Gasteiger partial charge in [0.15, 0.2) is 0 Å². The predicted molar refractivity (Wildman–Crippen MR) is 88.1 cm³/mol. The molecule has 2 aromatic rings. The number of benzene rings is 2. The smallest absolute Gasteiger partial charge is 0.269 e. The lowest BCUT2D eigenvalue weighted by atomic mass is 10.1. The van der Waals surface area contributed by atoms with Crippen LogP contribution in [0, 0.1) is 10.1 Å². The van der Waals surface area contributed by atoms with Crippen LogP contribution < -0.4 is 5.32 Å². The first kappa shape index (κ1) is 16.0. The maximum atomic E-state index is 11.0. The second-order valence-corrected chi connectivity index (χ2v) is 6.23. The minimum Gasteiger partial charge on any atom is -0.326 e. The minimum absolute atomic E-state index is 0.0894. The van der Waals surface area contributed by atoms with E-state index in [-0.39, 0.29) is 21.8 Å². The van der Waals surface area contributed by atoms with E-state index in [0.29, 0.717) is 0 Å². The number of nitrogens with zero attached hydrogens (tertiary/aromatic N) is 1. The molecule has 0 bridgehead atoms. The average molecular weight is 316 g/mol. The number of carbonyl (C=O) groups excluding carboxylic acids is 1. The van der Waals surface area contributed by atoms with Crippen molar-refractivity contribution in [1.29, 1.82) is 0 Å². The van der Waals surface area contributed by atoms with Gasteiger partial charge >= 0.3 is 0 Å².